The summed E-state index contributed by atoms with van der Waals surface area (Å²) in [7, 11) is 0. The van der Waals surface area contributed by atoms with E-state index in [0.29, 0.717) is 22.2 Å². The van der Waals surface area contributed by atoms with Crippen LogP contribution in [0.2, 0.25) is 10.0 Å². The van der Waals surface area contributed by atoms with Crippen LogP contribution < -0.4 is 5.32 Å². The van der Waals surface area contributed by atoms with E-state index < -0.39 is 11.9 Å². The molecule has 3 aromatic rings. The maximum atomic E-state index is 12.1. The van der Waals surface area contributed by atoms with Crippen LogP contribution in [0.1, 0.15) is 41.9 Å². The Morgan fingerprint density at radius 2 is 2.00 bits per heavy atom. The number of ether oxygens (including phenoxy) is 1. The Balaban J connectivity index is 1.50. The number of aromatic nitrogens is 4. The van der Waals surface area contributed by atoms with Gasteiger partial charge in [0.1, 0.15) is 6.33 Å². The van der Waals surface area contributed by atoms with Crippen LogP contribution in [0.25, 0.3) is 5.78 Å². The quantitative estimate of drug-likeness (QED) is 0.554. The number of benzene rings is 1. The van der Waals surface area contributed by atoms with Gasteiger partial charge in [0.05, 0.1) is 16.1 Å². The average molecular weight is 450 g/mol. The van der Waals surface area contributed by atoms with Crippen LogP contribution in [0.15, 0.2) is 24.5 Å². The monoisotopic (exact) mass is 449 g/mol. The number of esters is 1. The van der Waals surface area contributed by atoms with Gasteiger partial charge in [-0.2, -0.15) is 10.1 Å². The van der Waals surface area contributed by atoms with Crippen molar-refractivity contribution in [3.05, 3.63) is 57.1 Å². The Morgan fingerprint density at radius 3 is 2.73 bits per heavy atom. The summed E-state index contributed by atoms with van der Waals surface area (Å²) in [4.78, 5) is 32.7. The third-order valence-corrected chi connectivity index (χ3v) is 5.49. The predicted molar refractivity (Wildman–Crippen MR) is 113 cm³/mol. The van der Waals surface area contributed by atoms with Crippen molar-refractivity contribution in [1.82, 2.24) is 24.9 Å². The van der Waals surface area contributed by atoms with Gasteiger partial charge in [-0.1, -0.05) is 29.3 Å². The number of aryl methyl sites for hydroxylation is 2. The summed E-state index contributed by atoms with van der Waals surface area (Å²) in [6, 6.07) is 4.82. The molecule has 2 heterocycles. The zero-order valence-electron chi connectivity index (χ0n) is 16.8. The minimum atomic E-state index is -0.468. The minimum absolute atomic E-state index is 0.124. The molecule has 0 bridgehead atoms. The largest absolute Gasteiger partial charge is 0.456 e. The van der Waals surface area contributed by atoms with E-state index in [1.54, 1.807) is 29.6 Å². The van der Waals surface area contributed by atoms with Crippen LogP contribution in [-0.4, -0.2) is 38.1 Å². The molecule has 2 aromatic heterocycles. The second-order valence-electron chi connectivity index (χ2n) is 6.86. The van der Waals surface area contributed by atoms with Gasteiger partial charge in [0.2, 0.25) is 0 Å². The maximum absolute atomic E-state index is 12.1. The Morgan fingerprint density at radius 1 is 1.23 bits per heavy atom. The number of nitrogens with zero attached hydrogens (tertiary/aromatic N) is 4. The molecule has 0 spiro atoms. The first-order valence-electron chi connectivity index (χ1n) is 9.32. The lowest BCUT2D eigenvalue weighted by molar-refractivity contribution is -0.148. The summed E-state index contributed by atoms with van der Waals surface area (Å²) in [6.45, 7) is 5.20. The molecule has 0 saturated heterocycles. The highest BCUT2D eigenvalue weighted by molar-refractivity contribution is 6.42. The van der Waals surface area contributed by atoms with Crippen molar-refractivity contribution in [2.75, 3.05) is 6.61 Å². The van der Waals surface area contributed by atoms with Gasteiger partial charge < -0.3 is 10.1 Å². The van der Waals surface area contributed by atoms with Crippen LogP contribution in [0, 0.1) is 13.8 Å². The lowest BCUT2D eigenvalue weighted by Crippen LogP contribution is -2.31. The number of rotatable bonds is 7. The SMILES string of the molecule is Cc1nc2ncnn2c(C)c1CCC(=O)OCC(=O)NC(C)c1ccc(Cl)c(Cl)c1. The van der Waals surface area contributed by atoms with Crippen molar-refractivity contribution in [1.29, 1.82) is 0 Å². The number of nitrogens with one attached hydrogen (secondary N) is 1. The second kappa shape index (κ2) is 9.40. The van der Waals surface area contributed by atoms with Crippen LogP contribution >= 0.6 is 23.2 Å². The van der Waals surface area contributed by atoms with Gasteiger partial charge in [-0.15, -0.1) is 0 Å². The van der Waals surface area contributed by atoms with Crippen molar-refractivity contribution in [2.45, 2.75) is 39.7 Å². The number of carbonyl (C=O) groups excluding carboxylic acids is 2. The highest BCUT2D eigenvalue weighted by Crippen LogP contribution is 2.25. The molecule has 0 fully saturated rings. The molecule has 8 nitrogen and oxygen atoms in total. The lowest BCUT2D eigenvalue weighted by atomic mass is 10.1. The third kappa shape index (κ3) is 5.06. The summed E-state index contributed by atoms with van der Waals surface area (Å²) in [6.07, 6.45) is 1.99. The molecule has 3 rings (SSSR count). The molecule has 0 aliphatic carbocycles. The standard InChI is InChI=1S/C20H21Cl2N5O3/c1-11(14-4-6-16(21)17(22)8-14)25-18(28)9-30-19(29)7-5-15-12(2)26-20-23-10-24-27(20)13(15)3/h4,6,8,10-11H,5,7,9H2,1-3H3,(H,25,28). The van der Waals surface area contributed by atoms with E-state index in [0.717, 1.165) is 22.5 Å². The molecule has 0 radical (unpaired) electrons. The van der Waals surface area contributed by atoms with Gasteiger partial charge in [0, 0.05) is 17.8 Å². The van der Waals surface area contributed by atoms with E-state index in [1.165, 1.54) is 6.33 Å². The van der Waals surface area contributed by atoms with E-state index in [4.69, 9.17) is 27.9 Å². The number of halogens is 2. The molecule has 10 heteroatoms. The van der Waals surface area contributed by atoms with Crippen molar-refractivity contribution in [3.8, 4) is 0 Å². The molecule has 1 unspecified atom stereocenters. The summed E-state index contributed by atoms with van der Waals surface area (Å²) >= 11 is 11.9. The Labute approximate surface area is 183 Å². The van der Waals surface area contributed by atoms with E-state index in [1.807, 2.05) is 13.8 Å². The highest BCUT2D eigenvalue weighted by atomic mass is 35.5. The smallest absolute Gasteiger partial charge is 0.306 e. The van der Waals surface area contributed by atoms with Gasteiger partial charge in [-0.3, -0.25) is 9.59 Å². The van der Waals surface area contributed by atoms with E-state index in [2.05, 4.69) is 20.4 Å². The van der Waals surface area contributed by atoms with E-state index in [-0.39, 0.29) is 19.1 Å². The topological polar surface area (TPSA) is 98.5 Å². The number of amides is 1. The van der Waals surface area contributed by atoms with E-state index in [9.17, 15) is 9.59 Å². The zero-order chi connectivity index (χ0) is 21.8. The summed E-state index contributed by atoms with van der Waals surface area (Å²) in [5.41, 5.74) is 3.36. The summed E-state index contributed by atoms with van der Waals surface area (Å²) in [5, 5.41) is 7.74. The van der Waals surface area contributed by atoms with Crippen LogP contribution in [0.5, 0.6) is 0 Å². The molecule has 1 atom stereocenters. The second-order valence-corrected chi connectivity index (χ2v) is 7.67. The normalized spacial score (nSPS) is 12.0. The molecule has 30 heavy (non-hydrogen) atoms. The van der Waals surface area contributed by atoms with Gasteiger partial charge in [-0.05, 0) is 50.5 Å². The number of hydrogen-bond donors (Lipinski definition) is 1. The van der Waals surface area contributed by atoms with Crippen LogP contribution in [-0.2, 0) is 20.7 Å². The van der Waals surface area contributed by atoms with Gasteiger partial charge in [0.15, 0.2) is 6.61 Å². The molecule has 0 aliphatic rings. The van der Waals surface area contributed by atoms with Gasteiger partial charge in [0.25, 0.3) is 11.7 Å². The Hall–Kier alpha value is -2.71. The summed E-state index contributed by atoms with van der Waals surface area (Å²) < 4.78 is 6.73. The van der Waals surface area contributed by atoms with Crippen LogP contribution in [0.3, 0.4) is 0 Å². The number of fused-ring (bicyclic) bond motifs is 1. The van der Waals surface area contributed by atoms with Crippen molar-refractivity contribution in [3.63, 3.8) is 0 Å². The molecule has 0 saturated carbocycles. The first-order valence-corrected chi connectivity index (χ1v) is 10.1. The lowest BCUT2D eigenvalue weighted by Gasteiger charge is -2.15. The minimum Gasteiger partial charge on any atom is -0.456 e. The fourth-order valence-electron chi connectivity index (χ4n) is 3.11. The van der Waals surface area contributed by atoms with Crippen molar-refractivity contribution >= 4 is 40.9 Å². The Bertz CT molecular complexity index is 1100. The predicted octanol–water partition coefficient (Wildman–Crippen LogP) is 3.40. The van der Waals surface area contributed by atoms with Crippen molar-refractivity contribution in [2.24, 2.45) is 0 Å². The molecule has 158 valence electrons. The first-order chi connectivity index (χ1) is 14.3. The molecule has 1 amide bonds. The zero-order valence-corrected chi connectivity index (χ0v) is 18.3. The van der Waals surface area contributed by atoms with Crippen molar-refractivity contribution < 1.29 is 14.3 Å². The molecule has 1 aromatic carbocycles. The molecule has 0 aliphatic heterocycles. The molecular formula is C20H21Cl2N5O3. The average Bonchev–Trinajstić information content (AvgIpc) is 3.16. The first kappa shape index (κ1) is 22.0. The van der Waals surface area contributed by atoms with E-state index >= 15 is 0 Å². The van der Waals surface area contributed by atoms with Crippen LogP contribution in [0.4, 0.5) is 0 Å². The van der Waals surface area contributed by atoms with Gasteiger partial charge >= 0.3 is 5.97 Å². The molecular weight excluding hydrogens is 429 g/mol. The maximum Gasteiger partial charge on any atom is 0.306 e. The highest BCUT2D eigenvalue weighted by Gasteiger charge is 2.15. The fourth-order valence-corrected chi connectivity index (χ4v) is 3.42. The molecule has 1 N–H and O–H groups in total. The fraction of sp³-hybridized carbons (Fsp3) is 0.350. The summed E-state index contributed by atoms with van der Waals surface area (Å²) in [5.74, 6) is -0.353. The number of hydrogen-bond acceptors (Lipinski definition) is 6. The van der Waals surface area contributed by atoms with Gasteiger partial charge in [-0.25, -0.2) is 9.50 Å². The Kier molecular flexibility index (Phi) is 6.89. The number of carbonyl (C=O) groups is 2. The third-order valence-electron chi connectivity index (χ3n) is 4.75.